The fraction of sp³-hybridized carbons (Fsp3) is 0.385. The SMILES string of the molecule is CCCNC(c1ccc(C(F)(F)F)c(F)c1)c1ncn[nH]1. The number of nitrogens with one attached hydrogen (secondary N) is 2. The lowest BCUT2D eigenvalue weighted by atomic mass is 10.0. The highest BCUT2D eigenvalue weighted by Crippen LogP contribution is 2.33. The van der Waals surface area contributed by atoms with E-state index in [0.29, 0.717) is 17.9 Å². The van der Waals surface area contributed by atoms with Crippen molar-refractivity contribution in [2.45, 2.75) is 25.6 Å². The van der Waals surface area contributed by atoms with Gasteiger partial charge in [0, 0.05) is 0 Å². The molecular formula is C13H14F4N4. The van der Waals surface area contributed by atoms with Crippen molar-refractivity contribution in [1.29, 1.82) is 0 Å². The number of aromatic amines is 1. The van der Waals surface area contributed by atoms with Gasteiger partial charge in [-0.15, -0.1) is 0 Å². The lowest BCUT2D eigenvalue weighted by Gasteiger charge is -2.17. The third-order valence-electron chi connectivity index (χ3n) is 2.94. The van der Waals surface area contributed by atoms with Gasteiger partial charge in [0.15, 0.2) is 0 Å². The first-order chi connectivity index (χ1) is 9.93. The van der Waals surface area contributed by atoms with E-state index in [9.17, 15) is 17.6 Å². The highest BCUT2D eigenvalue weighted by molar-refractivity contribution is 5.31. The van der Waals surface area contributed by atoms with E-state index in [0.717, 1.165) is 18.6 Å². The molecule has 2 N–H and O–H groups in total. The van der Waals surface area contributed by atoms with Gasteiger partial charge < -0.3 is 5.32 Å². The third-order valence-corrected chi connectivity index (χ3v) is 2.94. The number of alkyl halides is 3. The van der Waals surface area contributed by atoms with E-state index >= 15 is 0 Å². The Morgan fingerprint density at radius 2 is 2.10 bits per heavy atom. The first-order valence-electron chi connectivity index (χ1n) is 6.38. The summed E-state index contributed by atoms with van der Waals surface area (Å²) in [7, 11) is 0. The molecule has 0 radical (unpaired) electrons. The Balaban J connectivity index is 2.35. The summed E-state index contributed by atoms with van der Waals surface area (Å²) in [4.78, 5) is 3.97. The van der Waals surface area contributed by atoms with Gasteiger partial charge in [-0.25, -0.2) is 9.37 Å². The standard InChI is InChI=1S/C13H14F4N4/c1-2-5-18-11(12-19-7-20-21-12)8-3-4-9(10(14)6-8)13(15,16)17/h3-4,6-7,11,18H,2,5H2,1H3,(H,19,20,21). The molecule has 21 heavy (non-hydrogen) atoms. The molecule has 1 atom stereocenters. The van der Waals surface area contributed by atoms with Gasteiger partial charge in [-0.3, -0.25) is 5.10 Å². The minimum Gasteiger partial charge on any atom is -0.304 e. The van der Waals surface area contributed by atoms with E-state index in [1.807, 2.05) is 6.92 Å². The van der Waals surface area contributed by atoms with Gasteiger partial charge in [0.2, 0.25) is 0 Å². The molecule has 0 fully saturated rings. The van der Waals surface area contributed by atoms with Crippen molar-refractivity contribution < 1.29 is 17.6 Å². The Morgan fingerprint density at radius 1 is 1.33 bits per heavy atom. The Hall–Kier alpha value is -1.96. The summed E-state index contributed by atoms with van der Waals surface area (Å²) in [6, 6.07) is 2.31. The molecule has 0 aliphatic heterocycles. The van der Waals surface area contributed by atoms with Gasteiger partial charge in [-0.2, -0.15) is 18.3 Å². The van der Waals surface area contributed by atoms with E-state index in [2.05, 4.69) is 20.5 Å². The molecule has 0 bridgehead atoms. The van der Waals surface area contributed by atoms with Crippen LogP contribution in [0.3, 0.4) is 0 Å². The van der Waals surface area contributed by atoms with Crippen molar-refractivity contribution in [2.75, 3.05) is 6.54 Å². The molecule has 0 amide bonds. The number of nitrogens with zero attached hydrogens (tertiary/aromatic N) is 2. The molecule has 1 aromatic heterocycles. The smallest absolute Gasteiger partial charge is 0.304 e. The van der Waals surface area contributed by atoms with Crippen molar-refractivity contribution in [3.63, 3.8) is 0 Å². The van der Waals surface area contributed by atoms with Gasteiger partial charge in [-0.1, -0.05) is 13.0 Å². The normalized spacial score (nSPS) is 13.4. The van der Waals surface area contributed by atoms with Crippen molar-refractivity contribution in [2.24, 2.45) is 0 Å². The maximum atomic E-state index is 13.7. The second-order valence-corrected chi connectivity index (χ2v) is 4.49. The zero-order valence-electron chi connectivity index (χ0n) is 11.2. The molecule has 0 saturated carbocycles. The summed E-state index contributed by atoms with van der Waals surface area (Å²) in [5, 5.41) is 9.44. The molecule has 1 aromatic carbocycles. The van der Waals surface area contributed by atoms with Gasteiger partial charge in [0.05, 0.1) is 11.6 Å². The zero-order chi connectivity index (χ0) is 15.5. The summed E-state index contributed by atoms with van der Waals surface area (Å²) in [5.41, 5.74) is -0.927. The van der Waals surface area contributed by atoms with Gasteiger partial charge in [-0.05, 0) is 30.7 Å². The van der Waals surface area contributed by atoms with Crippen LogP contribution in [0.15, 0.2) is 24.5 Å². The maximum absolute atomic E-state index is 13.7. The number of halogens is 4. The molecule has 2 rings (SSSR count). The van der Waals surface area contributed by atoms with Crippen LogP contribution in [-0.2, 0) is 6.18 Å². The Bertz CT molecular complexity index is 580. The molecule has 0 aliphatic carbocycles. The van der Waals surface area contributed by atoms with Crippen LogP contribution >= 0.6 is 0 Å². The molecule has 0 spiro atoms. The molecular weight excluding hydrogens is 288 g/mol. The minimum absolute atomic E-state index is 0.353. The van der Waals surface area contributed by atoms with Gasteiger partial charge in [0.1, 0.15) is 18.0 Å². The molecule has 2 aromatic rings. The Morgan fingerprint density at radius 3 is 2.62 bits per heavy atom. The van der Waals surface area contributed by atoms with Crippen LogP contribution in [0.25, 0.3) is 0 Å². The maximum Gasteiger partial charge on any atom is 0.419 e. The Labute approximate surface area is 118 Å². The van der Waals surface area contributed by atoms with Crippen molar-refractivity contribution in [3.8, 4) is 0 Å². The fourth-order valence-corrected chi connectivity index (χ4v) is 1.96. The van der Waals surface area contributed by atoms with Crippen molar-refractivity contribution in [3.05, 3.63) is 47.3 Å². The van der Waals surface area contributed by atoms with Crippen LogP contribution in [0.2, 0.25) is 0 Å². The predicted octanol–water partition coefficient (Wildman–Crippen LogP) is 3.05. The highest BCUT2D eigenvalue weighted by atomic mass is 19.4. The van der Waals surface area contributed by atoms with Crippen LogP contribution < -0.4 is 5.32 Å². The summed E-state index contributed by atoms with van der Waals surface area (Å²) in [6.07, 6.45) is -2.61. The summed E-state index contributed by atoms with van der Waals surface area (Å²) in [5.74, 6) is -0.884. The van der Waals surface area contributed by atoms with E-state index in [1.54, 1.807) is 0 Å². The summed E-state index contributed by atoms with van der Waals surface area (Å²) < 4.78 is 51.4. The largest absolute Gasteiger partial charge is 0.419 e. The van der Waals surface area contributed by atoms with Crippen molar-refractivity contribution >= 4 is 0 Å². The number of H-pyrrole nitrogens is 1. The summed E-state index contributed by atoms with van der Waals surface area (Å²) >= 11 is 0. The molecule has 1 unspecified atom stereocenters. The fourth-order valence-electron chi connectivity index (χ4n) is 1.96. The third kappa shape index (κ3) is 3.57. The predicted molar refractivity (Wildman–Crippen MR) is 67.9 cm³/mol. The topological polar surface area (TPSA) is 53.6 Å². The average molecular weight is 302 g/mol. The van der Waals surface area contributed by atoms with Gasteiger partial charge in [0.25, 0.3) is 0 Å². The molecule has 0 saturated heterocycles. The van der Waals surface area contributed by atoms with E-state index in [1.165, 1.54) is 12.4 Å². The summed E-state index contributed by atoms with van der Waals surface area (Å²) in [6.45, 7) is 2.55. The van der Waals surface area contributed by atoms with Crippen molar-refractivity contribution in [1.82, 2.24) is 20.5 Å². The Kier molecular flexibility index (Phi) is 4.56. The lowest BCUT2D eigenvalue weighted by molar-refractivity contribution is -0.140. The number of rotatable bonds is 5. The van der Waals surface area contributed by atoms with Crippen LogP contribution in [0, 0.1) is 5.82 Å². The number of hydrogen-bond donors (Lipinski definition) is 2. The van der Waals surface area contributed by atoms with Crippen LogP contribution in [0.5, 0.6) is 0 Å². The van der Waals surface area contributed by atoms with E-state index in [-0.39, 0.29) is 0 Å². The monoisotopic (exact) mass is 302 g/mol. The highest BCUT2D eigenvalue weighted by Gasteiger charge is 2.34. The molecule has 0 aliphatic rings. The van der Waals surface area contributed by atoms with Crippen LogP contribution in [-0.4, -0.2) is 21.7 Å². The number of benzene rings is 1. The molecule has 1 heterocycles. The first-order valence-corrected chi connectivity index (χ1v) is 6.38. The van der Waals surface area contributed by atoms with E-state index in [4.69, 9.17) is 0 Å². The lowest BCUT2D eigenvalue weighted by Crippen LogP contribution is -2.24. The van der Waals surface area contributed by atoms with Gasteiger partial charge >= 0.3 is 6.18 Å². The second-order valence-electron chi connectivity index (χ2n) is 4.49. The quantitative estimate of drug-likeness (QED) is 0.835. The van der Waals surface area contributed by atoms with Crippen LogP contribution in [0.4, 0.5) is 17.6 Å². The number of aromatic nitrogens is 3. The van der Waals surface area contributed by atoms with Crippen LogP contribution in [0.1, 0.15) is 36.3 Å². The zero-order valence-corrected chi connectivity index (χ0v) is 11.2. The minimum atomic E-state index is -4.71. The molecule has 8 heteroatoms. The average Bonchev–Trinajstić information content (AvgIpc) is 2.91. The molecule has 114 valence electrons. The first kappa shape index (κ1) is 15.4. The molecule has 4 nitrogen and oxygen atoms in total. The second kappa shape index (κ2) is 6.21. The number of hydrogen-bond acceptors (Lipinski definition) is 3. The van der Waals surface area contributed by atoms with E-state index < -0.39 is 23.6 Å².